The van der Waals surface area contributed by atoms with Gasteiger partial charge in [-0.2, -0.15) is 0 Å². The fourth-order valence-electron chi connectivity index (χ4n) is 4.38. The Morgan fingerprint density at radius 3 is 2.86 bits per heavy atom. The Kier molecular flexibility index (Phi) is 8.67. The van der Waals surface area contributed by atoms with Crippen LogP contribution in [0.25, 0.3) is 0 Å². The van der Waals surface area contributed by atoms with Crippen LogP contribution in [-0.2, 0) is 14.3 Å². The Morgan fingerprint density at radius 2 is 2.19 bits per heavy atom. The van der Waals surface area contributed by atoms with Gasteiger partial charge in [-0.05, 0) is 31.9 Å². The summed E-state index contributed by atoms with van der Waals surface area (Å²) in [5.74, 6) is -1.92. The Balaban J connectivity index is 1.82. The van der Waals surface area contributed by atoms with Gasteiger partial charge in [0.1, 0.15) is 18.0 Å². The van der Waals surface area contributed by atoms with Crippen LogP contribution in [0.2, 0.25) is 5.02 Å². The number of carboxylic acids is 1. The van der Waals surface area contributed by atoms with E-state index in [0.29, 0.717) is 34.9 Å². The fourth-order valence-corrected chi connectivity index (χ4v) is 5.24. The summed E-state index contributed by atoms with van der Waals surface area (Å²) in [4.78, 5) is 35.2. The van der Waals surface area contributed by atoms with Crippen molar-refractivity contribution in [3.8, 4) is 0 Å². The molecule has 1 aromatic heterocycles. The number of rotatable bonds is 8. The van der Waals surface area contributed by atoms with Crippen LogP contribution in [0.1, 0.15) is 36.4 Å². The number of aliphatic carboxylic acids is 1. The number of hydrogen-bond acceptors (Lipinski definition) is 8. The van der Waals surface area contributed by atoms with Crippen molar-refractivity contribution in [3.63, 3.8) is 0 Å². The highest BCUT2D eigenvalue weighted by molar-refractivity contribution is 7.11. The van der Waals surface area contributed by atoms with Crippen molar-refractivity contribution in [3.05, 3.63) is 74.6 Å². The molecule has 0 spiro atoms. The Bertz CT molecular complexity index is 1250. The minimum atomic E-state index is -1.11. The predicted octanol–water partition coefficient (Wildman–Crippen LogP) is 4.29. The molecule has 2 N–H and O–H groups in total. The molecule has 1 saturated heterocycles. The second kappa shape index (κ2) is 11.9. The molecular weight excluding hydrogens is 526 g/mol. The third-order valence-corrected chi connectivity index (χ3v) is 7.12. The molecule has 3 atom stereocenters. The van der Waals surface area contributed by atoms with Crippen molar-refractivity contribution in [2.75, 3.05) is 19.7 Å². The topological polar surface area (TPSA) is 104 Å². The first-order valence-electron chi connectivity index (χ1n) is 11.7. The summed E-state index contributed by atoms with van der Waals surface area (Å²) >= 11 is 7.72. The Hall–Kier alpha value is -3.15. The van der Waals surface area contributed by atoms with Gasteiger partial charge in [0.05, 0.1) is 12.2 Å². The lowest BCUT2D eigenvalue weighted by molar-refractivity contribution is -0.139. The van der Waals surface area contributed by atoms with E-state index in [1.165, 1.54) is 29.5 Å². The number of piperidine rings is 1. The van der Waals surface area contributed by atoms with E-state index < -0.39 is 30.0 Å². The van der Waals surface area contributed by atoms with Crippen LogP contribution in [0.5, 0.6) is 0 Å². The van der Waals surface area contributed by atoms with E-state index in [2.05, 4.69) is 10.3 Å². The summed E-state index contributed by atoms with van der Waals surface area (Å²) in [5, 5.41) is 14.7. The summed E-state index contributed by atoms with van der Waals surface area (Å²) in [7, 11) is 0. The van der Waals surface area contributed by atoms with E-state index in [1.807, 2.05) is 0 Å². The molecule has 0 radical (unpaired) electrons. The number of carboxylic acid groups (broad SMARTS) is 1. The summed E-state index contributed by atoms with van der Waals surface area (Å²) in [6, 6.07) is 2.53. The molecule has 0 saturated carbocycles. The molecule has 2 aliphatic heterocycles. The van der Waals surface area contributed by atoms with E-state index in [4.69, 9.17) is 26.4 Å². The molecule has 0 bridgehead atoms. The normalized spacial score (nSPS) is 22.6. The second-order valence-corrected chi connectivity index (χ2v) is 9.79. The number of carbonyl (C=O) groups excluding carboxylic acids is 1. The van der Waals surface area contributed by atoms with E-state index in [1.54, 1.807) is 23.4 Å². The number of nitrogens with zero attached hydrogens (tertiary/aromatic N) is 3. The quantitative estimate of drug-likeness (QED) is 0.373. The highest BCUT2D eigenvalue weighted by Crippen LogP contribution is 2.37. The number of aromatic nitrogens is 1. The summed E-state index contributed by atoms with van der Waals surface area (Å²) < 4.78 is 33.7. The number of likely N-dealkylation sites (tertiary alicyclic amines) is 1. The maximum absolute atomic E-state index is 14.5. The number of nitrogens with one attached hydrogen (secondary N) is 1. The van der Waals surface area contributed by atoms with Gasteiger partial charge in [-0.25, -0.2) is 23.4 Å². The number of aliphatic imine (C=N–C) groups is 1. The zero-order valence-electron chi connectivity index (χ0n) is 19.9. The lowest BCUT2D eigenvalue weighted by Gasteiger charge is -2.37. The van der Waals surface area contributed by atoms with Crippen molar-refractivity contribution in [2.24, 2.45) is 4.99 Å². The molecule has 1 fully saturated rings. The third kappa shape index (κ3) is 6.41. The molecule has 196 valence electrons. The molecule has 12 heteroatoms. The molecule has 2 aliphatic rings. The third-order valence-electron chi connectivity index (χ3n) is 6.01. The first kappa shape index (κ1) is 26.9. The van der Waals surface area contributed by atoms with Crippen LogP contribution < -0.4 is 5.32 Å². The highest BCUT2D eigenvalue weighted by atomic mass is 35.5. The first-order chi connectivity index (χ1) is 17.8. The van der Waals surface area contributed by atoms with Crippen molar-refractivity contribution in [2.45, 2.75) is 38.0 Å². The van der Waals surface area contributed by atoms with Crippen LogP contribution >= 0.6 is 22.9 Å². The van der Waals surface area contributed by atoms with Gasteiger partial charge >= 0.3 is 11.9 Å². The minimum absolute atomic E-state index is 0.0433. The van der Waals surface area contributed by atoms with E-state index in [0.717, 1.165) is 12.1 Å². The number of alkyl halides is 1. The number of halogens is 3. The maximum Gasteiger partial charge on any atom is 0.338 e. The van der Waals surface area contributed by atoms with Gasteiger partial charge in [-0.1, -0.05) is 23.7 Å². The Morgan fingerprint density at radius 1 is 1.38 bits per heavy atom. The molecule has 3 heterocycles. The monoisotopic (exact) mass is 550 g/mol. The highest BCUT2D eigenvalue weighted by Gasteiger charge is 2.36. The van der Waals surface area contributed by atoms with E-state index >= 15 is 0 Å². The van der Waals surface area contributed by atoms with Crippen LogP contribution in [0, 0.1) is 5.82 Å². The number of esters is 1. The van der Waals surface area contributed by atoms with Gasteiger partial charge in [0, 0.05) is 53.1 Å². The van der Waals surface area contributed by atoms with Gasteiger partial charge < -0.3 is 15.2 Å². The average molecular weight is 551 g/mol. The molecule has 8 nitrogen and oxygen atoms in total. The molecule has 0 aliphatic carbocycles. The zero-order valence-corrected chi connectivity index (χ0v) is 21.4. The van der Waals surface area contributed by atoms with Gasteiger partial charge in [0.2, 0.25) is 0 Å². The molecule has 4 rings (SSSR count). The molecule has 2 aromatic rings. The van der Waals surface area contributed by atoms with Gasteiger partial charge in [0.25, 0.3) is 0 Å². The van der Waals surface area contributed by atoms with Crippen LogP contribution in [0.4, 0.5) is 8.78 Å². The molecule has 1 aromatic carbocycles. The first-order valence-corrected chi connectivity index (χ1v) is 12.9. The lowest BCUT2D eigenvalue weighted by Crippen LogP contribution is -2.47. The van der Waals surface area contributed by atoms with Crippen LogP contribution in [-0.4, -0.2) is 64.7 Å². The molecule has 37 heavy (non-hydrogen) atoms. The number of ether oxygens (including phenoxy) is 1. The van der Waals surface area contributed by atoms with Gasteiger partial charge in [0.15, 0.2) is 10.8 Å². The summed E-state index contributed by atoms with van der Waals surface area (Å²) in [5.41, 5.74) is 0.938. The lowest BCUT2D eigenvalue weighted by atomic mass is 9.94. The fraction of sp³-hybridized carbons (Fsp3) is 0.360. The SMILES string of the molecule is CCOC(=O)C1=C(CN2CC(F)CCC2/C=C/C(=O)O)NC(c2nccs2)=NC1c1ccc(F)cc1Cl. The maximum atomic E-state index is 14.5. The smallest absolute Gasteiger partial charge is 0.338 e. The number of benzene rings is 1. The van der Waals surface area contributed by atoms with Crippen molar-refractivity contribution in [1.82, 2.24) is 15.2 Å². The summed E-state index contributed by atoms with van der Waals surface area (Å²) in [6.07, 6.45) is 3.76. The molecule has 3 unspecified atom stereocenters. The molecular formula is C25H25ClF2N4O4S. The van der Waals surface area contributed by atoms with Crippen molar-refractivity contribution >= 4 is 40.7 Å². The van der Waals surface area contributed by atoms with Crippen molar-refractivity contribution < 1.29 is 28.2 Å². The van der Waals surface area contributed by atoms with E-state index in [9.17, 15) is 18.4 Å². The number of hydrogen-bond donors (Lipinski definition) is 2. The van der Waals surface area contributed by atoms with Crippen LogP contribution in [0.15, 0.2) is 58.2 Å². The van der Waals surface area contributed by atoms with Crippen LogP contribution in [0.3, 0.4) is 0 Å². The van der Waals surface area contributed by atoms with E-state index in [-0.39, 0.29) is 36.3 Å². The molecule has 0 amide bonds. The number of thiazole rings is 1. The number of carbonyl (C=O) groups is 2. The van der Waals surface area contributed by atoms with Gasteiger partial charge in [-0.3, -0.25) is 9.89 Å². The Labute approximate surface area is 221 Å². The largest absolute Gasteiger partial charge is 0.478 e. The van der Waals surface area contributed by atoms with Crippen molar-refractivity contribution in [1.29, 1.82) is 0 Å². The second-order valence-electron chi connectivity index (χ2n) is 8.49. The number of amidine groups is 1. The zero-order chi connectivity index (χ0) is 26.5. The minimum Gasteiger partial charge on any atom is -0.478 e. The average Bonchev–Trinajstić information content (AvgIpc) is 3.38. The predicted molar refractivity (Wildman–Crippen MR) is 136 cm³/mol. The van der Waals surface area contributed by atoms with Gasteiger partial charge in [-0.15, -0.1) is 11.3 Å². The standard InChI is InChI=1S/C25H25ClF2N4O4S/c1-2-36-25(35)21-19(13-32-12-15(28)3-5-16(32)6-8-20(33)34)30-23(24-29-9-10-37-24)31-22(21)17-7-4-14(27)11-18(17)26/h4,6-11,15-16,22H,2-3,5,12-13H2,1H3,(H,30,31)(H,33,34)/b8-6+. The summed E-state index contributed by atoms with van der Waals surface area (Å²) in [6.45, 7) is 1.89.